The van der Waals surface area contributed by atoms with Crippen LogP contribution in [0.1, 0.15) is 12.8 Å². The largest absolute Gasteiger partial charge is 0.366 e. The summed E-state index contributed by atoms with van der Waals surface area (Å²) in [5.41, 5.74) is -0.0388. The fourth-order valence-electron chi connectivity index (χ4n) is 4.29. The Kier molecular flexibility index (Phi) is 6.55. The van der Waals surface area contributed by atoms with E-state index < -0.39 is 26.7 Å². The molecule has 0 bridgehead atoms. The number of nitro groups is 1. The molecule has 2 aliphatic rings. The Balaban J connectivity index is 1.49. The molecular formula is C21H22ClFN4O5S. The molecule has 2 aromatic carbocycles. The third-order valence-electron chi connectivity index (χ3n) is 5.99. The van der Waals surface area contributed by atoms with Crippen LogP contribution >= 0.6 is 11.6 Å². The molecule has 0 N–H and O–H groups in total. The van der Waals surface area contributed by atoms with E-state index in [0.29, 0.717) is 44.7 Å². The van der Waals surface area contributed by atoms with Crippen LogP contribution < -0.4 is 4.90 Å². The Labute approximate surface area is 195 Å². The normalized spacial score (nSPS) is 19.6. The molecule has 2 aliphatic heterocycles. The summed E-state index contributed by atoms with van der Waals surface area (Å²) in [7, 11) is -4.14. The van der Waals surface area contributed by atoms with Gasteiger partial charge in [0, 0.05) is 38.8 Å². The summed E-state index contributed by atoms with van der Waals surface area (Å²) in [4.78, 5) is 26.8. The second-order valence-electron chi connectivity index (χ2n) is 7.91. The lowest BCUT2D eigenvalue weighted by Gasteiger charge is -2.38. The Bertz CT molecular complexity index is 1190. The number of sulfonamides is 1. The van der Waals surface area contributed by atoms with Crippen molar-refractivity contribution in [1.29, 1.82) is 0 Å². The molecule has 2 saturated heterocycles. The summed E-state index contributed by atoms with van der Waals surface area (Å²) in [6.07, 6.45) is 0.863. The number of carbonyl (C=O) groups excluding carboxylic acids is 1. The molecule has 0 aromatic heterocycles. The van der Waals surface area contributed by atoms with E-state index in [1.54, 1.807) is 23.1 Å². The summed E-state index contributed by atoms with van der Waals surface area (Å²) in [5, 5.41) is 11.0. The maximum atomic E-state index is 14.1. The molecule has 4 rings (SSSR count). The number of carbonyl (C=O) groups is 1. The highest BCUT2D eigenvalue weighted by Gasteiger charge is 2.42. The van der Waals surface area contributed by atoms with Gasteiger partial charge in [0.25, 0.3) is 5.69 Å². The lowest BCUT2D eigenvalue weighted by molar-refractivity contribution is -0.384. The molecule has 1 amide bonds. The minimum absolute atomic E-state index is 0.143. The average molecular weight is 497 g/mol. The summed E-state index contributed by atoms with van der Waals surface area (Å²) in [6.45, 7) is 1.67. The molecule has 0 saturated carbocycles. The smallest absolute Gasteiger partial charge is 0.289 e. The van der Waals surface area contributed by atoms with Gasteiger partial charge in [-0.3, -0.25) is 14.9 Å². The predicted molar refractivity (Wildman–Crippen MR) is 120 cm³/mol. The van der Waals surface area contributed by atoms with Crippen LogP contribution in [0, 0.1) is 15.9 Å². The van der Waals surface area contributed by atoms with Crippen LogP contribution in [0.4, 0.5) is 15.8 Å². The van der Waals surface area contributed by atoms with E-state index in [1.165, 1.54) is 18.2 Å². The minimum Gasteiger partial charge on any atom is -0.366 e. The Morgan fingerprint density at radius 2 is 1.79 bits per heavy atom. The van der Waals surface area contributed by atoms with E-state index >= 15 is 0 Å². The number of amides is 1. The highest BCUT2D eigenvalue weighted by Crippen LogP contribution is 2.32. The number of anilines is 1. The van der Waals surface area contributed by atoms with Gasteiger partial charge in [0.15, 0.2) is 0 Å². The minimum atomic E-state index is -4.14. The summed E-state index contributed by atoms with van der Waals surface area (Å²) >= 11 is 5.81. The second kappa shape index (κ2) is 9.24. The van der Waals surface area contributed by atoms with E-state index in [-0.39, 0.29) is 28.2 Å². The summed E-state index contributed by atoms with van der Waals surface area (Å²) in [6, 6.07) is 8.84. The van der Waals surface area contributed by atoms with Crippen molar-refractivity contribution in [2.45, 2.75) is 23.8 Å². The van der Waals surface area contributed by atoms with Crippen molar-refractivity contribution in [1.82, 2.24) is 9.21 Å². The molecule has 0 radical (unpaired) electrons. The average Bonchev–Trinajstić information content (AvgIpc) is 3.30. The van der Waals surface area contributed by atoms with Crippen LogP contribution in [-0.4, -0.2) is 67.2 Å². The van der Waals surface area contributed by atoms with Gasteiger partial charge in [-0.05, 0) is 37.1 Å². The first-order valence-electron chi connectivity index (χ1n) is 10.4. The van der Waals surface area contributed by atoms with Crippen LogP contribution in [0.3, 0.4) is 0 Å². The first kappa shape index (κ1) is 23.4. The van der Waals surface area contributed by atoms with E-state index in [2.05, 4.69) is 0 Å². The molecule has 2 aromatic rings. The van der Waals surface area contributed by atoms with Gasteiger partial charge in [0.2, 0.25) is 15.9 Å². The van der Waals surface area contributed by atoms with Gasteiger partial charge in [-0.25, -0.2) is 12.8 Å². The van der Waals surface area contributed by atoms with Crippen molar-refractivity contribution in [3.05, 3.63) is 63.4 Å². The van der Waals surface area contributed by atoms with Crippen molar-refractivity contribution >= 4 is 38.9 Å². The van der Waals surface area contributed by atoms with Crippen LogP contribution in [-0.2, 0) is 14.8 Å². The van der Waals surface area contributed by atoms with Crippen LogP contribution in [0.25, 0.3) is 0 Å². The number of hydrogen-bond donors (Lipinski definition) is 0. The molecule has 2 fully saturated rings. The Hall–Kier alpha value is -2.76. The van der Waals surface area contributed by atoms with Crippen LogP contribution in [0.5, 0.6) is 0 Å². The first-order valence-corrected chi connectivity index (χ1v) is 12.3. The predicted octanol–water partition coefficient (Wildman–Crippen LogP) is 2.89. The van der Waals surface area contributed by atoms with Gasteiger partial charge < -0.3 is 9.80 Å². The molecule has 176 valence electrons. The lowest BCUT2D eigenvalue weighted by atomic mass is 10.1. The zero-order valence-electron chi connectivity index (χ0n) is 17.6. The number of piperazine rings is 1. The fraction of sp³-hybridized carbons (Fsp3) is 0.381. The number of benzene rings is 2. The van der Waals surface area contributed by atoms with Crippen molar-refractivity contribution in [3.63, 3.8) is 0 Å². The third kappa shape index (κ3) is 4.53. The van der Waals surface area contributed by atoms with Gasteiger partial charge in [0.05, 0.1) is 15.5 Å². The third-order valence-corrected chi connectivity index (χ3v) is 8.22. The molecule has 1 atom stereocenters. The highest BCUT2D eigenvalue weighted by molar-refractivity contribution is 7.89. The lowest BCUT2D eigenvalue weighted by Crippen LogP contribution is -2.54. The second-order valence-corrected chi connectivity index (χ2v) is 10.2. The molecule has 12 heteroatoms. The monoisotopic (exact) mass is 496 g/mol. The molecule has 33 heavy (non-hydrogen) atoms. The zero-order valence-corrected chi connectivity index (χ0v) is 19.1. The summed E-state index contributed by atoms with van der Waals surface area (Å²) < 4.78 is 41.7. The van der Waals surface area contributed by atoms with E-state index in [4.69, 9.17) is 11.6 Å². The quantitative estimate of drug-likeness (QED) is 0.465. The SMILES string of the molecule is O=C(C1CCCN1S(=O)(=O)c1ccc(Cl)c([N+](=O)[O-])c1)N1CCN(c2ccccc2F)CC1. The van der Waals surface area contributed by atoms with Crippen molar-refractivity contribution in [2.75, 3.05) is 37.6 Å². The Morgan fingerprint density at radius 3 is 2.45 bits per heavy atom. The molecular weight excluding hydrogens is 475 g/mol. The van der Waals surface area contributed by atoms with Gasteiger partial charge in [0.1, 0.15) is 16.9 Å². The van der Waals surface area contributed by atoms with Crippen molar-refractivity contribution < 1.29 is 22.5 Å². The number of nitro benzene ring substituents is 1. The topological polar surface area (TPSA) is 104 Å². The van der Waals surface area contributed by atoms with Gasteiger partial charge in [-0.1, -0.05) is 23.7 Å². The van der Waals surface area contributed by atoms with Crippen LogP contribution in [0.2, 0.25) is 5.02 Å². The number of halogens is 2. The highest BCUT2D eigenvalue weighted by atomic mass is 35.5. The molecule has 1 unspecified atom stereocenters. The molecule has 2 heterocycles. The molecule has 0 aliphatic carbocycles. The number of nitrogens with zero attached hydrogens (tertiary/aromatic N) is 4. The van der Waals surface area contributed by atoms with Crippen molar-refractivity contribution in [3.8, 4) is 0 Å². The summed E-state index contributed by atoms with van der Waals surface area (Å²) in [5.74, 6) is -0.643. The number of hydrogen-bond acceptors (Lipinski definition) is 6. The standard InChI is InChI=1S/C21H22ClFN4O5S/c22-16-8-7-15(14-20(16)27(29)30)33(31,32)26-9-3-6-19(26)21(28)25-12-10-24(11-13-25)18-5-2-1-4-17(18)23/h1-2,4-5,7-8,14,19H,3,6,9-13H2. The maximum absolute atomic E-state index is 14.1. The van der Waals surface area contributed by atoms with Crippen LogP contribution in [0.15, 0.2) is 47.4 Å². The first-order chi connectivity index (χ1) is 15.7. The van der Waals surface area contributed by atoms with E-state index in [1.807, 2.05) is 4.90 Å². The van der Waals surface area contributed by atoms with E-state index in [0.717, 1.165) is 10.4 Å². The van der Waals surface area contributed by atoms with Gasteiger partial charge >= 0.3 is 0 Å². The maximum Gasteiger partial charge on any atom is 0.289 e. The van der Waals surface area contributed by atoms with Gasteiger partial charge in [-0.2, -0.15) is 4.31 Å². The fourth-order valence-corrected chi connectivity index (χ4v) is 6.15. The zero-order chi connectivity index (χ0) is 23.8. The number of rotatable bonds is 5. The molecule has 0 spiro atoms. The van der Waals surface area contributed by atoms with Gasteiger partial charge in [-0.15, -0.1) is 0 Å². The Morgan fingerprint density at radius 1 is 1.09 bits per heavy atom. The van der Waals surface area contributed by atoms with Crippen molar-refractivity contribution in [2.24, 2.45) is 0 Å². The number of para-hydroxylation sites is 1. The van der Waals surface area contributed by atoms with E-state index in [9.17, 15) is 27.7 Å². The molecule has 9 nitrogen and oxygen atoms in total.